The lowest BCUT2D eigenvalue weighted by Crippen LogP contribution is -2.45. The van der Waals surface area contributed by atoms with Crippen molar-refractivity contribution in [2.75, 3.05) is 19.8 Å². The average molecular weight is 837 g/mol. The van der Waals surface area contributed by atoms with Crippen molar-refractivity contribution < 1.29 is 28.4 Å². The van der Waals surface area contributed by atoms with E-state index in [-0.39, 0.29) is 25.7 Å². The van der Waals surface area contributed by atoms with Crippen molar-refractivity contribution in [3.63, 3.8) is 0 Å². The zero-order valence-electron chi connectivity index (χ0n) is 37.8. The lowest BCUT2D eigenvalue weighted by Gasteiger charge is -2.23. The van der Waals surface area contributed by atoms with E-state index in [0.29, 0.717) is 6.42 Å². The Morgan fingerprint density at radius 3 is 1.38 bits per heavy atom. The van der Waals surface area contributed by atoms with Gasteiger partial charge >= 0.3 is 7.82 Å². The van der Waals surface area contributed by atoms with Crippen LogP contribution in [-0.4, -0.2) is 47.8 Å². The number of amides is 1. The van der Waals surface area contributed by atoms with Gasteiger partial charge in [-0.2, -0.15) is 0 Å². The van der Waals surface area contributed by atoms with Crippen molar-refractivity contribution in [2.45, 2.75) is 238 Å². The van der Waals surface area contributed by atoms with Crippen molar-refractivity contribution >= 4 is 13.7 Å². The van der Waals surface area contributed by atoms with Gasteiger partial charge in [0.25, 0.3) is 0 Å². The van der Waals surface area contributed by atoms with E-state index in [4.69, 9.17) is 14.8 Å². The predicted octanol–water partition coefficient (Wildman–Crippen LogP) is 14.1. The highest BCUT2D eigenvalue weighted by molar-refractivity contribution is 7.47. The van der Waals surface area contributed by atoms with Crippen LogP contribution in [-0.2, 0) is 18.4 Å². The smallest absolute Gasteiger partial charge is 0.387 e. The second-order valence-corrected chi connectivity index (χ2v) is 17.8. The molecule has 3 unspecified atom stereocenters. The molecule has 0 fully saturated rings. The molecule has 0 aliphatic carbocycles. The van der Waals surface area contributed by atoms with E-state index in [9.17, 15) is 19.4 Å². The number of unbranched alkanes of at least 4 members (excludes halogenated alkanes) is 27. The molecule has 0 spiro atoms. The number of phosphoric acid groups is 1. The van der Waals surface area contributed by atoms with Crippen LogP contribution in [0.5, 0.6) is 0 Å². The Morgan fingerprint density at radius 2 is 0.948 bits per heavy atom. The van der Waals surface area contributed by atoms with Gasteiger partial charge in [0.1, 0.15) is 0 Å². The molecule has 3 atom stereocenters. The Kier molecular flexibility index (Phi) is 43.8. The minimum atomic E-state index is -4.35. The van der Waals surface area contributed by atoms with Crippen LogP contribution in [0, 0.1) is 0 Å². The molecule has 0 rings (SSSR count). The van der Waals surface area contributed by atoms with Crippen LogP contribution >= 0.6 is 7.82 Å². The molecule has 0 saturated carbocycles. The van der Waals surface area contributed by atoms with Gasteiger partial charge in [0.15, 0.2) is 0 Å². The van der Waals surface area contributed by atoms with E-state index >= 15 is 0 Å². The van der Waals surface area contributed by atoms with Crippen LogP contribution in [0.1, 0.15) is 226 Å². The highest BCUT2D eigenvalue weighted by Gasteiger charge is 2.26. The highest BCUT2D eigenvalue weighted by atomic mass is 31.2. The van der Waals surface area contributed by atoms with Gasteiger partial charge in [0.2, 0.25) is 5.91 Å². The molecule has 0 aromatic carbocycles. The number of aliphatic hydroxyl groups is 1. The van der Waals surface area contributed by atoms with E-state index in [0.717, 1.165) is 64.2 Å². The van der Waals surface area contributed by atoms with Gasteiger partial charge in [-0.3, -0.25) is 13.8 Å². The number of nitrogens with one attached hydrogen (secondary N) is 1. The lowest BCUT2D eigenvalue weighted by atomic mass is 10.0. The monoisotopic (exact) mass is 837 g/mol. The number of rotatable bonds is 45. The standard InChI is InChI=1S/C49H93N2O6P/c1-3-5-7-9-11-13-15-17-19-21-23-24-25-27-29-31-33-35-37-39-41-43-49(53)51-47(46-57-58(54,55)56-45-44-50)48(52)42-40-38-36-34-32-30-28-26-22-20-18-16-14-12-10-8-6-4-2/h15,17,21,23,25,27,40,42,47-48,52H,3-14,16,18-20,22,24,26,28-39,41,43-46,50H2,1-2H3,(H,51,53)(H,54,55)/b17-15-,23-21-,27-25-,42-40+. The van der Waals surface area contributed by atoms with Crippen molar-refractivity contribution in [3.05, 3.63) is 48.6 Å². The van der Waals surface area contributed by atoms with Crippen LogP contribution in [0.15, 0.2) is 48.6 Å². The number of nitrogens with two attached hydrogens (primary N) is 1. The summed E-state index contributed by atoms with van der Waals surface area (Å²) in [5, 5.41) is 13.7. The first kappa shape index (κ1) is 56.5. The van der Waals surface area contributed by atoms with E-state index in [1.54, 1.807) is 6.08 Å². The summed E-state index contributed by atoms with van der Waals surface area (Å²) in [5.74, 6) is -0.206. The Morgan fingerprint density at radius 1 is 0.569 bits per heavy atom. The Labute approximate surface area is 358 Å². The molecule has 0 saturated heterocycles. The third-order valence-electron chi connectivity index (χ3n) is 10.6. The third-order valence-corrected chi connectivity index (χ3v) is 11.6. The number of allylic oxidation sites excluding steroid dienone is 7. The molecule has 5 N–H and O–H groups in total. The summed E-state index contributed by atoms with van der Waals surface area (Å²) in [4.78, 5) is 22.8. The van der Waals surface area contributed by atoms with Gasteiger partial charge in [0.05, 0.1) is 25.4 Å². The maximum absolute atomic E-state index is 12.8. The maximum Gasteiger partial charge on any atom is 0.472 e. The van der Waals surface area contributed by atoms with Crippen LogP contribution < -0.4 is 11.1 Å². The molecule has 0 aliphatic heterocycles. The summed E-state index contributed by atoms with van der Waals surface area (Å²) >= 11 is 0. The Hall–Kier alpha value is -1.54. The minimum Gasteiger partial charge on any atom is -0.387 e. The topological polar surface area (TPSA) is 131 Å². The predicted molar refractivity (Wildman–Crippen MR) is 249 cm³/mol. The van der Waals surface area contributed by atoms with Crippen LogP contribution in [0.3, 0.4) is 0 Å². The number of hydrogen-bond acceptors (Lipinski definition) is 6. The summed E-state index contributed by atoms with van der Waals surface area (Å²) in [6.45, 7) is 4.13. The molecule has 0 heterocycles. The largest absolute Gasteiger partial charge is 0.472 e. The SMILES string of the molecule is CCCCCCC/C=C\C/C=C\C/C=C\CCCCCCCCC(=O)NC(COP(=O)(O)OCCN)C(O)/C=C/CCCCCCCCCCCCCCCCCC. The fourth-order valence-electron chi connectivity index (χ4n) is 6.96. The normalized spacial score (nSPS) is 14.4. The molecule has 0 aromatic rings. The van der Waals surface area contributed by atoms with Gasteiger partial charge in [-0.05, 0) is 57.8 Å². The quantitative estimate of drug-likeness (QED) is 0.0273. The summed E-state index contributed by atoms with van der Waals surface area (Å²) < 4.78 is 22.2. The minimum absolute atomic E-state index is 0.0749. The second kappa shape index (κ2) is 45.0. The first-order chi connectivity index (χ1) is 28.4. The third kappa shape index (κ3) is 42.6. The molecule has 0 bridgehead atoms. The maximum atomic E-state index is 12.8. The van der Waals surface area contributed by atoms with E-state index in [1.807, 2.05) is 6.08 Å². The van der Waals surface area contributed by atoms with Crippen LogP contribution in [0.4, 0.5) is 0 Å². The summed E-state index contributed by atoms with van der Waals surface area (Å²) in [7, 11) is -4.35. The zero-order chi connectivity index (χ0) is 42.5. The summed E-state index contributed by atoms with van der Waals surface area (Å²) in [6, 6.07) is -0.869. The number of phosphoric ester groups is 1. The first-order valence-corrected chi connectivity index (χ1v) is 25.8. The van der Waals surface area contributed by atoms with Crippen LogP contribution in [0.2, 0.25) is 0 Å². The molecule has 0 aromatic heterocycles. The van der Waals surface area contributed by atoms with Crippen LogP contribution in [0.25, 0.3) is 0 Å². The summed E-state index contributed by atoms with van der Waals surface area (Å²) in [5.41, 5.74) is 5.38. The summed E-state index contributed by atoms with van der Waals surface area (Å²) in [6.07, 6.45) is 55.9. The van der Waals surface area contributed by atoms with Crippen molar-refractivity contribution in [1.82, 2.24) is 5.32 Å². The lowest BCUT2D eigenvalue weighted by molar-refractivity contribution is -0.123. The number of carbonyl (C=O) groups is 1. The molecule has 58 heavy (non-hydrogen) atoms. The molecule has 1 amide bonds. The fourth-order valence-corrected chi connectivity index (χ4v) is 7.72. The van der Waals surface area contributed by atoms with Gasteiger partial charge in [-0.25, -0.2) is 4.57 Å². The van der Waals surface area contributed by atoms with Gasteiger partial charge in [0, 0.05) is 13.0 Å². The van der Waals surface area contributed by atoms with Crippen molar-refractivity contribution in [2.24, 2.45) is 5.73 Å². The number of hydrogen-bond donors (Lipinski definition) is 4. The van der Waals surface area contributed by atoms with E-state index in [1.165, 1.54) is 141 Å². The van der Waals surface area contributed by atoms with E-state index in [2.05, 4.69) is 55.6 Å². The van der Waals surface area contributed by atoms with Crippen molar-refractivity contribution in [3.8, 4) is 0 Å². The highest BCUT2D eigenvalue weighted by Crippen LogP contribution is 2.43. The zero-order valence-corrected chi connectivity index (χ0v) is 38.7. The van der Waals surface area contributed by atoms with Crippen molar-refractivity contribution in [1.29, 1.82) is 0 Å². The molecule has 0 radical (unpaired) electrons. The first-order valence-electron chi connectivity index (χ1n) is 24.3. The fraction of sp³-hybridized carbons (Fsp3) is 0.816. The van der Waals surface area contributed by atoms with Gasteiger partial charge in [-0.15, -0.1) is 0 Å². The molecular formula is C49H93N2O6P. The molecule has 9 heteroatoms. The second-order valence-electron chi connectivity index (χ2n) is 16.3. The van der Waals surface area contributed by atoms with Gasteiger partial charge in [-0.1, -0.05) is 210 Å². The average Bonchev–Trinajstić information content (AvgIpc) is 3.21. The molecular weight excluding hydrogens is 744 g/mol. The van der Waals surface area contributed by atoms with Gasteiger partial charge < -0.3 is 21.1 Å². The number of carbonyl (C=O) groups excluding carboxylic acids is 1. The Balaban J connectivity index is 4.18. The molecule has 340 valence electrons. The van der Waals surface area contributed by atoms with E-state index < -0.39 is 20.0 Å². The molecule has 0 aliphatic rings. The molecule has 8 nitrogen and oxygen atoms in total. The Bertz CT molecular complexity index is 1050. The number of aliphatic hydroxyl groups excluding tert-OH is 1.